The van der Waals surface area contributed by atoms with Gasteiger partial charge in [0.1, 0.15) is 11.6 Å². The highest BCUT2D eigenvalue weighted by molar-refractivity contribution is 6.31. The Morgan fingerprint density at radius 2 is 2.11 bits per heavy atom. The van der Waals surface area contributed by atoms with E-state index in [1.54, 1.807) is 12.1 Å². The smallest absolute Gasteiger partial charge is 0.142 e. The number of hydrogen-bond acceptors (Lipinski definition) is 3. The third-order valence-corrected chi connectivity index (χ3v) is 3.21. The van der Waals surface area contributed by atoms with Gasteiger partial charge in [-0.05, 0) is 29.7 Å². The zero-order valence-electron chi connectivity index (χ0n) is 9.91. The van der Waals surface area contributed by atoms with E-state index in [0.29, 0.717) is 17.5 Å². The third kappa shape index (κ3) is 3.26. The quantitative estimate of drug-likeness (QED) is 0.670. The number of hydrazine groups is 1. The van der Waals surface area contributed by atoms with Gasteiger partial charge < -0.3 is 0 Å². The average Bonchev–Trinajstić information content (AvgIpc) is 2.40. The van der Waals surface area contributed by atoms with Crippen LogP contribution in [-0.2, 0) is 6.42 Å². The van der Waals surface area contributed by atoms with E-state index in [1.807, 2.05) is 0 Å². The van der Waals surface area contributed by atoms with Gasteiger partial charge in [-0.25, -0.2) is 8.78 Å². The fourth-order valence-electron chi connectivity index (χ4n) is 1.82. The van der Waals surface area contributed by atoms with Gasteiger partial charge in [-0.2, -0.15) is 0 Å². The summed E-state index contributed by atoms with van der Waals surface area (Å²) >= 11 is 5.88. The van der Waals surface area contributed by atoms with Crippen LogP contribution in [0.2, 0.25) is 5.02 Å². The molecule has 3 N–H and O–H groups in total. The molecule has 1 heterocycles. The number of rotatable bonds is 4. The number of nitrogens with two attached hydrogens (primary N) is 1. The van der Waals surface area contributed by atoms with Crippen LogP contribution in [0.3, 0.4) is 0 Å². The van der Waals surface area contributed by atoms with Gasteiger partial charge in [-0.3, -0.25) is 16.3 Å². The SMILES string of the molecule is NNC(Cc1cccc(F)c1Cl)c1cncc(F)c1. The average molecular weight is 284 g/mol. The zero-order valence-corrected chi connectivity index (χ0v) is 10.7. The van der Waals surface area contributed by atoms with E-state index >= 15 is 0 Å². The van der Waals surface area contributed by atoms with Gasteiger partial charge >= 0.3 is 0 Å². The van der Waals surface area contributed by atoms with Crippen LogP contribution in [0.4, 0.5) is 8.78 Å². The molecule has 0 amide bonds. The molecule has 0 aliphatic heterocycles. The van der Waals surface area contributed by atoms with Gasteiger partial charge in [0.25, 0.3) is 0 Å². The first-order chi connectivity index (χ1) is 9.11. The summed E-state index contributed by atoms with van der Waals surface area (Å²) in [5, 5.41) is 0.0483. The molecule has 1 aromatic heterocycles. The van der Waals surface area contributed by atoms with E-state index in [4.69, 9.17) is 17.4 Å². The topological polar surface area (TPSA) is 50.9 Å². The molecule has 0 spiro atoms. The Balaban J connectivity index is 2.26. The Kier molecular flexibility index (Phi) is 4.42. The molecule has 2 aromatic rings. The minimum atomic E-state index is -0.493. The number of benzene rings is 1. The normalized spacial score (nSPS) is 12.4. The van der Waals surface area contributed by atoms with Crippen molar-refractivity contribution in [3.05, 3.63) is 64.4 Å². The summed E-state index contributed by atoms with van der Waals surface area (Å²) in [6.07, 6.45) is 2.94. The number of aromatic nitrogens is 1. The van der Waals surface area contributed by atoms with Crippen molar-refractivity contribution in [1.82, 2.24) is 10.4 Å². The highest BCUT2D eigenvalue weighted by atomic mass is 35.5. The minimum absolute atomic E-state index is 0.0483. The minimum Gasteiger partial charge on any atom is -0.271 e. The fourth-order valence-corrected chi connectivity index (χ4v) is 2.02. The number of nitrogens with one attached hydrogen (secondary N) is 1. The molecule has 2 rings (SSSR count). The maximum absolute atomic E-state index is 13.3. The molecule has 0 saturated carbocycles. The summed E-state index contributed by atoms with van der Waals surface area (Å²) in [5.74, 6) is 4.51. The van der Waals surface area contributed by atoms with Crippen molar-refractivity contribution in [3.63, 3.8) is 0 Å². The summed E-state index contributed by atoms with van der Waals surface area (Å²) in [4.78, 5) is 3.76. The lowest BCUT2D eigenvalue weighted by Gasteiger charge is -2.17. The van der Waals surface area contributed by atoms with Gasteiger partial charge in [0.2, 0.25) is 0 Å². The second-order valence-electron chi connectivity index (χ2n) is 4.07. The summed E-state index contributed by atoms with van der Waals surface area (Å²) in [6, 6.07) is 5.46. The Bertz CT molecular complexity index is 578. The molecular formula is C13H12ClF2N3. The lowest BCUT2D eigenvalue weighted by atomic mass is 10.0. The van der Waals surface area contributed by atoms with Crippen molar-refractivity contribution in [3.8, 4) is 0 Å². The van der Waals surface area contributed by atoms with Gasteiger partial charge in [0, 0.05) is 6.20 Å². The monoisotopic (exact) mass is 283 g/mol. The van der Waals surface area contributed by atoms with Gasteiger partial charge in [0.15, 0.2) is 0 Å². The molecule has 0 aliphatic carbocycles. The highest BCUT2D eigenvalue weighted by Gasteiger charge is 2.15. The number of halogens is 3. The molecule has 0 fully saturated rings. The van der Waals surface area contributed by atoms with Crippen molar-refractivity contribution in [2.45, 2.75) is 12.5 Å². The third-order valence-electron chi connectivity index (χ3n) is 2.79. The van der Waals surface area contributed by atoms with Crippen LogP contribution in [0.5, 0.6) is 0 Å². The van der Waals surface area contributed by atoms with E-state index in [0.717, 1.165) is 6.20 Å². The molecule has 0 radical (unpaired) electrons. The first-order valence-electron chi connectivity index (χ1n) is 5.61. The van der Waals surface area contributed by atoms with E-state index in [9.17, 15) is 8.78 Å². The maximum atomic E-state index is 13.3. The number of nitrogens with zero attached hydrogens (tertiary/aromatic N) is 1. The maximum Gasteiger partial charge on any atom is 0.142 e. The number of pyridine rings is 1. The Hall–Kier alpha value is -1.56. The fraction of sp³-hybridized carbons (Fsp3) is 0.154. The van der Waals surface area contributed by atoms with Crippen LogP contribution < -0.4 is 11.3 Å². The summed E-state index contributed by atoms with van der Waals surface area (Å²) in [6.45, 7) is 0. The first-order valence-corrected chi connectivity index (χ1v) is 5.99. The Morgan fingerprint density at radius 1 is 1.32 bits per heavy atom. The molecule has 1 aromatic carbocycles. The van der Waals surface area contributed by atoms with E-state index < -0.39 is 17.7 Å². The predicted octanol–water partition coefficient (Wildman–Crippen LogP) is 2.76. The first kappa shape index (κ1) is 13.9. The lowest BCUT2D eigenvalue weighted by Crippen LogP contribution is -2.29. The second-order valence-corrected chi connectivity index (χ2v) is 4.45. The molecule has 6 heteroatoms. The predicted molar refractivity (Wildman–Crippen MR) is 69.4 cm³/mol. The molecule has 0 bridgehead atoms. The Morgan fingerprint density at radius 3 is 2.79 bits per heavy atom. The lowest BCUT2D eigenvalue weighted by molar-refractivity contribution is 0.538. The summed E-state index contributed by atoms with van der Waals surface area (Å²) < 4.78 is 26.5. The van der Waals surface area contributed by atoms with Gasteiger partial charge in [-0.15, -0.1) is 0 Å². The van der Waals surface area contributed by atoms with Crippen molar-refractivity contribution in [2.75, 3.05) is 0 Å². The summed E-state index contributed by atoms with van der Waals surface area (Å²) in [7, 11) is 0. The van der Waals surface area contributed by atoms with Crippen LogP contribution in [0.15, 0.2) is 36.7 Å². The highest BCUT2D eigenvalue weighted by Crippen LogP contribution is 2.25. The standard InChI is InChI=1S/C13H12ClF2N3/c14-13-8(2-1-3-11(13)16)5-12(19-17)9-4-10(15)7-18-6-9/h1-4,6-7,12,19H,5,17H2. The number of hydrogen-bond donors (Lipinski definition) is 2. The van der Waals surface area contributed by atoms with Crippen LogP contribution in [-0.4, -0.2) is 4.98 Å². The largest absolute Gasteiger partial charge is 0.271 e. The van der Waals surface area contributed by atoms with Crippen LogP contribution in [0, 0.1) is 11.6 Å². The van der Waals surface area contributed by atoms with Crippen molar-refractivity contribution < 1.29 is 8.78 Å². The molecule has 3 nitrogen and oxygen atoms in total. The van der Waals surface area contributed by atoms with Crippen molar-refractivity contribution >= 4 is 11.6 Å². The molecule has 1 unspecified atom stereocenters. The van der Waals surface area contributed by atoms with E-state index in [2.05, 4.69) is 10.4 Å². The molecular weight excluding hydrogens is 272 g/mol. The zero-order chi connectivity index (χ0) is 13.8. The second kappa shape index (κ2) is 6.06. The van der Waals surface area contributed by atoms with Crippen LogP contribution in [0.1, 0.15) is 17.2 Å². The summed E-state index contributed by atoms with van der Waals surface area (Å²) in [5.41, 5.74) is 3.72. The van der Waals surface area contributed by atoms with Gasteiger partial charge in [0.05, 0.1) is 17.3 Å². The molecule has 0 saturated heterocycles. The van der Waals surface area contributed by atoms with Gasteiger partial charge in [-0.1, -0.05) is 23.7 Å². The molecule has 1 atom stereocenters. The van der Waals surface area contributed by atoms with E-state index in [-0.39, 0.29) is 5.02 Å². The molecule has 0 aliphatic rings. The molecule has 19 heavy (non-hydrogen) atoms. The molecule has 100 valence electrons. The van der Waals surface area contributed by atoms with Crippen molar-refractivity contribution in [2.24, 2.45) is 5.84 Å². The Labute approximate surface area is 114 Å². The van der Waals surface area contributed by atoms with Crippen LogP contribution in [0.25, 0.3) is 0 Å². The van der Waals surface area contributed by atoms with Crippen LogP contribution >= 0.6 is 11.6 Å². The van der Waals surface area contributed by atoms with E-state index in [1.165, 1.54) is 18.3 Å². The van der Waals surface area contributed by atoms with Crippen molar-refractivity contribution in [1.29, 1.82) is 0 Å².